The van der Waals surface area contributed by atoms with E-state index in [2.05, 4.69) is 0 Å². The lowest BCUT2D eigenvalue weighted by Gasteiger charge is -2.22. The van der Waals surface area contributed by atoms with Crippen LogP contribution in [0.5, 0.6) is 0 Å². The van der Waals surface area contributed by atoms with Crippen LogP contribution in [-0.4, -0.2) is 24.3 Å². The maximum Gasteiger partial charge on any atom is 0.318 e. The molecular weight excluding hydrogens is 224 g/mol. The number of nitrogens with two attached hydrogens (primary N) is 1. The minimum atomic E-state index is -1.59. The Hall–Kier alpha value is -1.25. The van der Waals surface area contributed by atoms with Gasteiger partial charge in [-0.05, 0) is 17.6 Å². The zero-order chi connectivity index (χ0) is 11.6. The van der Waals surface area contributed by atoms with Gasteiger partial charge in [0.2, 0.25) is 0 Å². The molecule has 84 valence electrons. The average molecular weight is 233 g/mol. The topological polar surface area (TPSA) is 111 Å². The van der Waals surface area contributed by atoms with Crippen molar-refractivity contribution in [3.8, 4) is 0 Å². The van der Waals surface area contributed by atoms with Gasteiger partial charge in [0, 0.05) is 25.2 Å². The first kappa shape index (κ1) is 11.8. The molecule has 0 bridgehead atoms. The van der Waals surface area contributed by atoms with Crippen LogP contribution in [0.3, 0.4) is 0 Å². The second-order valence-corrected chi connectivity index (χ2v) is 3.76. The second-order valence-electron chi connectivity index (χ2n) is 2.58. The van der Waals surface area contributed by atoms with E-state index >= 15 is 0 Å². The van der Waals surface area contributed by atoms with Gasteiger partial charge in [0.1, 0.15) is 0 Å². The number of hydrogen-bond donors (Lipinski definition) is 1. The molecule has 1 heterocycles. The zero-order valence-corrected chi connectivity index (χ0v) is 8.87. The summed E-state index contributed by atoms with van der Waals surface area (Å²) in [6.07, 6.45) is 1.06. The number of ether oxygens (including phenoxy) is 2. The molecule has 1 rings (SSSR count). The van der Waals surface area contributed by atoms with Gasteiger partial charge in [-0.25, -0.2) is 0 Å². The van der Waals surface area contributed by atoms with Gasteiger partial charge < -0.3 is 20.3 Å². The second kappa shape index (κ2) is 4.09. The molecule has 2 N–H and O–H groups in total. The van der Waals surface area contributed by atoms with E-state index in [0.717, 1.165) is 17.8 Å². The minimum Gasteiger partial charge on any atom is -0.860 e. The van der Waals surface area contributed by atoms with E-state index in [4.69, 9.17) is 15.2 Å². The molecule has 0 radical (unpaired) electrons. The van der Waals surface area contributed by atoms with Crippen molar-refractivity contribution in [1.29, 1.82) is 0 Å². The molecule has 0 aromatic carbocycles. The van der Waals surface area contributed by atoms with Crippen molar-refractivity contribution < 1.29 is 19.5 Å². The zero-order valence-electron chi connectivity index (χ0n) is 8.05. The summed E-state index contributed by atoms with van der Waals surface area (Å²) in [5.74, 6) is -0.754. The van der Waals surface area contributed by atoms with Gasteiger partial charge in [-0.3, -0.25) is 10.1 Å². The molecule has 0 aromatic rings. The summed E-state index contributed by atoms with van der Waals surface area (Å²) in [4.78, 5) is 10.1. The highest BCUT2D eigenvalue weighted by atomic mass is 32.2. The fourth-order valence-electron chi connectivity index (χ4n) is 1.10. The van der Waals surface area contributed by atoms with E-state index < -0.39 is 15.9 Å². The van der Waals surface area contributed by atoms with Crippen molar-refractivity contribution in [2.75, 3.05) is 14.2 Å². The van der Waals surface area contributed by atoms with Crippen LogP contribution in [0.15, 0.2) is 22.6 Å². The van der Waals surface area contributed by atoms with Crippen LogP contribution in [0.2, 0.25) is 0 Å². The van der Waals surface area contributed by atoms with Crippen LogP contribution in [0.25, 0.3) is 0 Å². The summed E-state index contributed by atoms with van der Waals surface area (Å²) in [6, 6.07) is 0. The normalized spacial score (nSPS) is 22.4. The van der Waals surface area contributed by atoms with Crippen LogP contribution in [0.4, 0.5) is 0 Å². The van der Waals surface area contributed by atoms with Crippen molar-refractivity contribution in [3.63, 3.8) is 0 Å². The summed E-state index contributed by atoms with van der Waals surface area (Å²) < 4.78 is 9.81. The molecule has 15 heavy (non-hydrogen) atoms. The molecule has 0 atom stereocenters. The Morgan fingerprint density at radius 1 is 1.60 bits per heavy atom. The number of allylic oxidation sites excluding steroid dienone is 1. The summed E-state index contributed by atoms with van der Waals surface area (Å²) >= 11 is 0.766. The Labute approximate surface area is 89.7 Å². The van der Waals surface area contributed by atoms with Crippen LogP contribution in [0.1, 0.15) is 0 Å². The van der Waals surface area contributed by atoms with Crippen LogP contribution in [0, 0.1) is 10.1 Å². The predicted octanol–water partition coefficient (Wildman–Crippen LogP) is -0.671. The smallest absolute Gasteiger partial charge is 0.318 e. The van der Waals surface area contributed by atoms with Gasteiger partial charge in [0.05, 0.1) is 4.92 Å². The molecule has 0 aromatic heterocycles. The van der Waals surface area contributed by atoms with Crippen molar-refractivity contribution in [2.45, 2.75) is 5.12 Å². The Morgan fingerprint density at radius 3 is 2.40 bits per heavy atom. The van der Waals surface area contributed by atoms with E-state index in [9.17, 15) is 15.2 Å². The molecule has 8 heteroatoms. The summed E-state index contributed by atoms with van der Waals surface area (Å²) in [7, 11) is 2.50. The Balaban J connectivity index is 3.20. The highest BCUT2D eigenvalue weighted by Gasteiger charge is 2.50. The highest BCUT2D eigenvalue weighted by Crippen LogP contribution is 2.46. The van der Waals surface area contributed by atoms with Gasteiger partial charge in [0.15, 0.2) is 0 Å². The molecular formula is C7H9N2O5S-. The maximum absolute atomic E-state index is 10.9. The maximum atomic E-state index is 10.9. The molecule has 0 saturated heterocycles. The molecule has 1 aliphatic rings. The standard InChI is InChI=1S/C7H10N2O5S/c1-13-7(14-2)5(9(11)12)3-4(15-7)6(8)10/h3,10H,8H2,1-2H3/p-1/b6-4+. The van der Waals surface area contributed by atoms with Crippen molar-refractivity contribution >= 4 is 11.8 Å². The number of hydrogen-bond acceptors (Lipinski definition) is 7. The highest BCUT2D eigenvalue weighted by molar-refractivity contribution is 8.04. The summed E-state index contributed by atoms with van der Waals surface area (Å²) in [5.41, 5.74) is 4.66. The van der Waals surface area contributed by atoms with E-state index in [0.29, 0.717) is 0 Å². The monoisotopic (exact) mass is 233 g/mol. The van der Waals surface area contributed by atoms with E-state index in [1.165, 1.54) is 14.2 Å². The van der Waals surface area contributed by atoms with E-state index in [1.54, 1.807) is 0 Å². The average Bonchev–Trinajstić information content (AvgIpc) is 2.58. The SMILES string of the molecule is COC1(OC)S/C(=C(\N)[O-])C=C1[N+](=O)[O-]. The largest absolute Gasteiger partial charge is 0.860 e. The minimum absolute atomic E-state index is 0.0328. The molecule has 0 unspecified atom stereocenters. The fourth-order valence-corrected chi connectivity index (χ4v) is 2.07. The van der Waals surface area contributed by atoms with Crippen LogP contribution >= 0.6 is 11.8 Å². The number of rotatable bonds is 3. The van der Waals surface area contributed by atoms with Crippen LogP contribution < -0.4 is 10.8 Å². The Kier molecular flexibility index (Phi) is 3.22. The summed E-state index contributed by atoms with van der Waals surface area (Å²) in [6.45, 7) is 0. The summed E-state index contributed by atoms with van der Waals surface area (Å²) in [5, 5.41) is 20.0. The molecule has 0 fully saturated rings. The first-order valence-electron chi connectivity index (χ1n) is 3.79. The lowest BCUT2D eigenvalue weighted by molar-refractivity contribution is -0.451. The van der Waals surface area contributed by atoms with E-state index in [-0.39, 0.29) is 10.6 Å². The van der Waals surface area contributed by atoms with Gasteiger partial charge in [-0.15, -0.1) is 0 Å². The first-order chi connectivity index (χ1) is 6.96. The van der Waals surface area contributed by atoms with E-state index in [1.807, 2.05) is 0 Å². The lowest BCUT2D eigenvalue weighted by atomic mass is 10.3. The number of methoxy groups -OCH3 is 2. The first-order valence-corrected chi connectivity index (χ1v) is 4.61. The van der Waals surface area contributed by atoms with Gasteiger partial charge in [-0.1, -0.05) is 0 Å². The third-order valence-corrected chi connectivity index (χ3v) is 3.15. The quantitative estimate of drug-likeness (QED) is 0.298. The third-order valence-electron chi connectivity index (χ3n) is 1.80. The van der Waals surface area contributed by atoms with Gasteiger partial charge in [-0.2, -0.15) is 0 Å². The predicted molar refractivity (Wildman–Crippen MR) is 50.6 cm³/mol. The number of thioether (sulfide) groups is 1. The van der Waals surface area contributed by atoms with Gasteiger partial charge >= 0.3 is 10.8 Å². The molecule has 1 aliphatic heterocycles. The Bertz CT molecular complexity index is 343. The molecule has 7 nitrogen and oxygen atoms in total. The number of nitro groups is 1. The molecule has 0 amide bonds. The van der Waals surface area contributed by atoms with Crippen molar-refractivity contribution in [2.24, 2.45) is 5.73 Å². The lowest BCUT2D eigenvalue weighted by Crippen LogP contribution is -2.33. The molecule has 0 spiro atoms. The Morgan fingerprint density at radius 2 is 2.13 bits per heavy atom. The van der Waals surface area contributed by atoms with Gasteiger partial charge in [0.25, 0.3) is 0 Å². The molecule has 0 aliphatic carbocycles. The number of nitrogens with zero attached hydrogens (tertiary/aromatic N) is 1. The fraction of sp³-hybridized carbons (Fsp3) is 0.429. The van der Waals surface area contributed by atoms with Crippen molar-refractivity contribution in [1.82, 2.24) is 0 Å². The van der Waals surface area contributed by atoms with Crippen LogP contribution in [-0.2, 0) is 9.47 Å². The third kappa shape index (κ3) is 1.91. The molecule has 0 saturated carbocycles. The van der Waals surface area contributed by atoms with Crippen molar-refractivity contribution in [3.05, 3.63) is 32.7 Å².